The highest BCUT2D eigenvalue weighted by Crippen LogP contribution is 2.23. The first-order valence-corrected chi connectivity index (χ1v) is 7.51. The van der Waals surface area contributed by atoms with Crippen LogP contribution in [0.4, 0.5) is 0 Å². The van der Waals surface area contributed by atoms with Gasteiger partial charge in [-0.25, -0.2) is 4.68 Å². The second kappa shape index (κ2) is 5.05. The Kier molecular flexibility index (Phi) is 3.01. The van der Waals surface area contributed by atoms with Gasteiger partial charge in [-0.05, 0) is 24.6 Å². The molecule has 4 rings (SSSR count). The van der Waals surface area contributed by atoms with Gasteiger partial charge in [-0.2, -0.15) is 0 Å². The summed E-state index contributed by atoms with van der Waals surface area (Å²) in [7, 11) is 1.77. The van der Waals surface area contributed by atoms with E-state index in [0.717, 1.165) is 27.5 Å². The Morgan fingerprint density at radius 3 is 2.65 bits per heavy atom. The molecular weight excluding hydrogens is 288 g/mol. The quantitative estimate of drug-likeness (QED) is 0.572. The summed E-state index contributed by atoms with van der Waals surface area (Å²) >= 11 is 0. The second-order valence-corrected chi connectivity index (χ2v) is 5.81. The molecule has 0 saturated carbocycles. The molecule has 0 spiro atoms. The molecule has 4 aromatic rings. The Hall–Kier alpha value is -2.95. The Labute approximate surface area is 132 Å². The molecule has 23 heavy (non-hydrogen) atoms. The summed E-state index contributed by atoms with van der Waals surface area (Å²) < 4.78 is 3.45. The minimum atomic E-state index is -0.115. The zero-order valence-corrected chi connectivity index (χ0v) is 13.0. The summed E-state index contributed by atoms with van der Waals surface area (Å²) in [5.41, 5.74) is 4.27. The summed E-state index contributed by atoms with van der Waals surface area (Å²) in [4.78, 5) is 12.5. The molecular formula is C18H16N4O. The van der Waals surface area contributed by atoms with E-state index < -0.39 is 0 Å². The van der Waals surface area contributed by atoms with Crippen LogP contribution in [0.25, 0.3) is 21.9 Å². The van der Waals surface area contributed by atoms with Gasteiger partial charge < -0.3 is 4.57 Å². The van der Waals surface area contributed by atoms with Gasteiger partial charge in [-0.15, -0.1) is 5.10 Å². The average molecular weight is 304 g/mol. The van der Waals surface area contributed by atoms with E-state index in [1.807, 2.05) is 54.1 Å². The zero-order valence-electron chi connectivity index (χ0n) is 13.0. The predicted octanol–water partition coefficient (Wildman–Crippen LogP) is 2.64. The monoisotopic (exact) mass is 304 g/mol. The Balaban J connectivity index is 2.05. The lowest BCUT2D eigenvalue weighted by Crippen LogP contribution is -2.18. The maximum atomic E-state index is 12.5. The Morgan fingerprint density at radius 2 is 1.87 bits per heavy atom. The third kappa shape index (κ3) is 2.12. The van der Waals surface area contributed by atoms with Crippen LogP contribution in [0, 0.1) is 6.92 Å². The average Bonchev–Trinajstić information content (AvgIpc) is 2.97. The van der Waals surface area contributed by atoms with Gasteiger partial charge in [0.05, 0.1) is 12.1 Å². The van der Waals surface area contributed by atoms with E-state index in [1.54, 1.807) is 11.6 Å². The topological polar surface area (TPSA) is 52.7 Å². The fourth-order valence-corrected chi connectivity index (χ4v) is 2.99. The van der Waals surface area contributed by atoms with E-state index in [9.17, 15) is 4.79 Å². The van der Waals surface area contributed by atoms with Gasteiger partial charge in [-0.1, -0.05) is 47.2 Å². The minimum absolute atomic E-state index is 0.115. The molecule has 2 aromatic heterocycles. The second-order valence-electron chi connectivity index (χ2n) is 5.81. The van der Waals surface area contributed by atoms with Crippen molar-refractivity contribution in [1.29, 1.82) is 0 Å². The van der Waals surface area contributed by atoms with Gasteiger partial charge in [0.1, 0.15) is 5.52 Å². The highest BCUT2D eigenvalue weighted by molar-refractivity contribution is 6.02. The molecule has 0 radical (unpaired) electrons. The summed E-state index contributed by atoms with van der Waals surface area (Å²) in [5, 5.41) is 9.36. The highest BCUT2D eigenvalue weighted by atomic mass is 16.1. The van der Waals surface area contributed by atoms with Crippen LogP contribution in [-0.2, 0) is 13.6 Å². The zero-order chi connectivity index (χ0) is 16.0. The molecule has 0 aliphatic rings. The molecule has 2 aromatic carbocycles. The number of hydrogen-bond donors (Lipinski definition) is 0. The molecule has 0 aliphatic carbocycles. The van der Waals surface area contributed by atoms with Crippen molar-refractivity contribution in [3.8, 4) is 0 Å². The summed E-state index contributed by atoms with van der Waals surface area (Å²) in [6.45, 7) is 2.63. The number of aryl methyl sites for hydroxylation is 2. The van der Waals surface area contributed by atoms with Crippen LogP contribution in [0.5, 0.6) is 0 Å². The SMILES string of the molecule is Cc1ccc2c(c1)c1c(nnn1Cc1ccccc1)c(=O)n2C. The number of pyridine rings is 1. The van der Waals surface area contributed by atoms with Crippen LogP contribution in [0.1, 0.15) is 11.1 Å². The first kappa shape index (κ1) is 13.7. The number of nitrogens with zero attached hydrogens (tertiary/aromatic N) is 4. The Bertz CT molecular complexity index is 1080. The van der Waals surface area contributed by atoms with E-state index in [1.165, 1.54) is 0 Å². The molecule has 0 saturated heterocycles. The van der Waals surface area contributed by atoms with Crippen LogP contribution in [0.3, 0.4) is 0 Å². The number of hydrogen-bond acceptors (Lipinski definition) is 3. The number of aromatic nitrogens is 4. The maximum Gasteiger partial charge on any atom is 0.280 e. The molecule has 0 bridgehead atoms. The van der Waals surface area contributed by atoms with Crippen LogP contribution in [-0.4, -0.2) is 19.6 Å². The van der Waals surface area contributed by atoms with Crippen LogP contribution < -0.4 is 5.56 Å². The van der Waals surface area contributed by atoms with Gasteiger partial charge in [0.15, 0.2) is 5.52 Å². The molecule has 0 unspecified atom stereocenters. The molecule has 114 valence electrons. The highest BCUT2D eigenvalue weighted by Gasteiger charge is 2.15. The molecule has 5 nitrogen and oxygen atoms in total. The molecule has 0 fully saturated rings. The summed E-state index contributed by atoms with van der Waals surface area (Å²) in [6.07, 6.45) is 0. The van der Waals surface area contributed by atoms with Crippen molar-refractivity contribution in [2.24, 2.45) is 7.05 Å². The van der Waals surface area contributed by atoms with E-state index in [-0.39, 0.29) is 5.56 Å². The third-order valence-electron chi connectivity index (χ3n) is 4.19. The van der Waals surface area contributed by atoms with Crippen molar-refractivity contribution >= 4 is 21.9 Å². The molecule has 2 heterocycles. The van der Waals surface area contributed by atoms with E-state index in [0.29, 0.717) is 12.1 Å². The van der Waals surface area contributed by atoms with Crippen LogP contribution in [0.15, 0.2) is 53.3 Å². The molecule has 0 N–H and O–H groups in total. The first-order valence-electron chi connectivity index (χ1n) is 7.51. The lowest BCUT2D eigenvalue weighted by Gasteiger charge is -2.09. The van der Waals surface area contributed by atoms with Crippen molar-refractivity contribution in [2.75, 3.05) is 0 Å². The van der Waals surface area contributed by atoms with E-state index >= 15 is 0 Å². The fourth-order valence-electron chi connectivity index (χ4n) is 2.99. The summed E-state index contributed by atoms with van der Waals surface area (Å²) in [6, 6.07) is 16.1. The van der Waals surface area contributed by atoms with Gasteiger partial charge in [0.25, 0.3) is 5.56 Å². The van der Waals surface area contributed by atoms with Crippen molar-refractivity contribution < 1.29 is 0 Å². The standard InChI is InChI=1S/C18H16N4O/c1-12-8-9-15-14(10-12)17-16(18(23)21(15)2)19-20-22(17)11-13-6-4-3-5-7-13/h3-10H,11H2,1-2H3. The molecule has 0 amide bonds. The van der Waals surface area contributed by atoms with Crippen molar-refractivity contribution in [1.82, 2.24) is 19.6 Å². The van der Waals surface area contributed by atoms with Crippen LogP contribution >= 0.6 is 0 Å². The Morgan fingerprint density at radius 1 is 1.09 bits per heavy atom. The summed E-state index contributed by atoms with van der Waals surface area (Å²) in [5.74, 6) is 0. The van der Waals surface area contributed by atoms with E-state index in [4.69, 9.17) is 0 Å². The maximum absolute atomic E-state index is 12.5. The first-order chi connectivity index (χ1) is 11.1. The predicted molar refractivity (Wildman–Crippen MR) is 90.6 cm³/mol. The van der Waals surface area contributed by atoms with E-state index in [2.05, 4.69) is 16.4 Å². The largest absolute Gasteiger partial charge is 0.309 e. The van der Waals surface area contributed by atoms with Crippen molar-refractivity contribution in [2.45, 2.75) is 13.5 Å². The van der Waals surface area contributed by atoms with Crippen molar-refractivity contribution in [3.63, 3.8) is 0 Å². The van der Waals surface area contributed by atoms with Gasteiger partial charge in [-0.3, -0.25) is 4.79 Å². The van der Waals surface area contributed by atoms with Crippen molar-refractivity contribution in [3.05, 3.63) is 70.0 Å². The number of fused-ring (bicyclic) bond motifs is 3. The van der Waals surface area contributed by atoms with Gasteiger partial charge >= 0.3 is 0 Å². The normalized spacial score (nSPS) is 11.4. The molecule has 0 aliphatic heterocycles. The molecule has 0 atom stereocenters. The minimum Gasteiger partial charge on any atom is -0.309 e. The smallest absolute Gasteiger partial charge is 0.280 e. The van der Waals surface area contributed by atoms with Gasteiger partial charge in [0.2, 0.25) is 0 Å². The fraction of sp³-hybridized carbons (Fsp3) is 0.167. The molecule has 5 heteroatoms. The third-order valence-corrected chi connectivity index (χ3v) is 4.19. The number of benzene rings is 2. The lowest BCUT2D eigenvalue weighted by molar-refractivity contribution is 0.671. The van der Waals surface area contributed by atoms with Gasteiger partial charge in [0, 0.05) is 12.4 Å². The lowest BCUT2D eigenvalue weighted by atomic mass is 10.1. The van der Waals surface area contributed by atoms with Crippen LogP contribution in [0.2, 0.25) is 0 Å². The number of rotatable bonds is 2.